The van der Waals surface area contributed by atoms with Crippen LogP contribution in [0.3, 0.4) is 0 Å². The highest BCUT2D eigenvalue weighted by atomic mass is 32.1. The van der Waals surface area contributed by atoms with Crippen molar-refractivity contribution in [3.63, 3.8) is 0 Å². The van der Waals surface area contributed by atoms with E-state index in [9.17, 15) is 4.79 Å². The summed E-state index contributed by atoms with van der Waals surface area (Å²) in [4.78, 5) is 15.7. The fourth-order valence-electron chi connectivity index (χ4n) is 1.59. The molecule has 0 amide bonds. The molecular weight excluding hydrogens is 246 g/mol. The second-order valence-electron chi connectivity index (χ2n) is 4.31. The van der Waals surface area contributed by atoms with Gasteiger partial charge in [-0.15, -0.1) is 0 Å². The van der Waals surface area contributed by atoms with Crippen LogP contribution in [0.5, 0.6) is 5.06 Å². The number of rotatable bonds is 3. The van der Waals surface area contributed by atoms with E-state index in [1.54, 1.807) is 0 Å². The molecule has 1 aromatic heterocycles. The van der Waals surface area contributed by atoms with Crippen molar-refractivity contribution in [2.24, 2.45) is 0 Å². The van der Waals surface area contributed by atoms with E-state index in [0.29, 0.717) is 5.06 Å². The van der Waals surface area contributed by atoms with Gasteiger partial charge in [0.1, 0.15) is 5.01 Å². The quantitative estimate of drug-likeness (QED) is 0.788. The van der Waals surface area contributed by atoms with Crippen molar-refractivity contribution in [3.05, 3.63) is 36.0 Å². The highest BCUT2D eigenvalue weighted by Crippen LogP contribution is 2.37. The molecule has 2 rings (SSSR count). The van der Waals surface area contributed by atoms with Crippen LogP contribution in [0.15, 0.2) is 30.3 Å². The van der Waals surface area contributed by atoms with Crippen molar-refractivity contribution in [1.82, 2.24) is 4.98 Å². The standard InChI is InChI=1S/C14H15NO2S/c1-9(2)12-14(17-10(3)16)18-13(15-12)11-7-5-4-6-8-11/h4-9H,1-3H3. The van der Waals surface area contributed by atoms with E-state index in [1.807, 2.05) is 44.2 Å². The molecule has 0 radical (unpaired) electrons. The zero-order valence-electron chi connectivity index (χ0n) is 10.6. The van der Waals surface area contributed by atoms with Crippen molar-refractivity contribution < 1.29 is 9.53 Å². The second-order valence-corrected chi connectivity index (χ2v) is 5.27. The zero-order valence-corrected chi connectivity index (χ0v) is 11.5. The Balaban J connectivity index is 2.42. The molecule has 94 valence electrons. The van der Waals surface area contributed by atoms with Gasteiger partial charge in [-0.2, -0.15) is 0 Å². The third kappa shape index (κ3) is 2.76. The lowest BCUT2D eigenvalue weighted by Gasteiger charge is -2.03. The predicted molar refractivity (Wildman–Crippen MR) is 72.9 cm³/mol. The van der Waals surface area contributed by atoms with Gasteiger partial charge in [0.2, 0.25) is 5.06 Å². The maximum atomic E-state index is 11.1. The molecule has 0 aliphatic carbocycles. The van der Waals surface area contributed by atoms with Crippen molar-refractivity contribution in [1.29, 1.82) is 0 Å². The number of aromatic nitrogens is 1. The van der Waals surface area contributed by atoms with E-state index in [-0.39, 0.29) is 11.9 Å². The van der Waals surface area contributed by atoms with Gasteiger partial charge in [-0.05, 0) is 0 Å². The Morgan fingerprint density at radius 3 is 2.50 bits per heavy atom. The minimum atomic E-state index is -0.305. The minimum absolute atomic E-state index is 0.230. The summed E-state index contributed by atoms with van der Waals surface area (Å²) >= 11 is 1.42. The number of thiazole rings is 1. The number of hydrogen-bond acceptors (Lipinski definition) is 4. The van der Waals surface area contributed by atoms with E-state index in [0.717, 1.165) is 16.3 Å². The summed E-state index contributed by atoms with van der Waals surface area (Å²) in [5, 5.41) is 1.49. The Kier molecular flexibility index (Phi) is 3.77. The zero-order chi connectivity index (χ0) is 13.1. The number of nitrogens with zero attached hydrogens (tertiary/aromatic N) is 1. The first-order valence-corrected chi connectivity index (χ1v) is 6.64. The molecule has 0 spiro atoms. The molecule has 0 saturated carbocycles. The molecule has 0 saturated heterocycles. The summed E-state index contributed by atoms with van der Waals surface area (Å²) in [6.45, 7) is 5.49. The highest BCUT2D eigenvalue weighted by molar-refractivity contribution is 7.17. The molecule has 0 fully saturated rings. The van der Waals surface area contributed by atoms with Gasteiger partial charge in [-0.3, -0.25) is 4.79 Å². The van der Waals surface area contributed by atoms with E-state index < -0.39 is 0 Å². The average Bonchev–Trinajstić information content (AvgIpc) is 2.73. The van der Waals surface area contributed by atoms with Crippen LogP contribution in [0.2, 0.25) is 0 Å². The lowest BCUT2D eigenvalue weighted by atomic mass is 10.1. The average molecular weight is 261 g/mol. The van der Waals surface area contributed by atoms with Gasteiger partial charge in [0.05, 0.1) is 5.69 Å². The summed E-state index contributed by atoms with van der Waals surface area (Å²) in [7, 11) is 0. The van der Waals surface area contributed by atoms with Crippen LogP contribution in [-0.4, -0.2) is 11.0 Å². The van der Waals surface area contributed by atoms with Crippen LogP contribution in [0.1, 0.15) is 32.4 Å². The van der Waals surface area contributed by atoms with Crippen LogP contribution >= 0.6 is 11.3 Å². The maximum absolute atomic E-state index is 11.1. The molecule has 18 heavy (non-hydrogen) atoms. The van der Waals surface area contributed by atoms with Crippen molar-refractivity contribution in [2.45, 2.75) is 26.7 Å². The maximum Gasteiger partial charge on any atom is 0.308 e. The Morgan fingerprint density at radius 2 is 1.94 bits per heavy atom. The normalized spacial score (nSPS) is 10.7. The lowest BCUT2D eigenvalue weighted by molar-refractivity contribution is -0.131. The molecule has 0 N–H and O–H groups in total. The monoisotopic (exact) mass is 261 g/mol. The van der Waals surface area contributed by atoms with Gasteiger partial charge in [-0.1, -0.05) is 55.5 Å². The van der Waals surface area contributed by atoms with E-state index >= 15 is 0 Å². The van der Waals surface area contributed by atoms with E-state index in [4.69, 9.17) is 4.74 Å². The van der Waals surface area contributed by atoms with E-state index in [1.165, 1.54) is 18.3 Å². The molecule has 0 bridgehead atoms. The van der Waals surface area contributed by atoms with Gasteiger partial charge in [-0.25, -0.2) is 4.98 Å². The first-order chi connectivity index (χ1) is 8.58. The first-order valence-electron chi connectivity index (χ1n) is 5.82. The molecule has 0 aliphatic rings. The van der Waals surface area contributed by atoms with Gasteiger partial charge in [0.15, 0.2) is 0 Å². The van der Waals surface area contributed by atoms with E-state index in [2.05, 4.69) is 4.98 Å². The first kappa shape index (κ1) is 12.8. The topological polar surface area (TPSA) is 39.2 Å². The molecule has 4 heteroatoms. The van der Waals surface area contributed by atoms with Crippen molar-refractivity contribution in [2.75, 3.05) is 0 Å². The van der Waals surface area contributed by atoms with Crippen molar-refractivity contribution in [3.8, 4) is 15.6 Å². The second kappa shape index (κ2) is 5.31. The van der Waals surface area contributed by atoms with Gasteiger partial charge < -0.3 is 4.74 Å². The van der Waals surface area contributed by atoms with Crippen LogP contribution in [-0.2, 0) is 4.79 Å². The fraction of sp³-hybridized carbons (Fsp3) is 0.286. The summed E-state index contributed by atoms with van der Waals surface area (Å²) in [6, 6.07) is 9.91. The number of hydrogen-bond donors (Lipinski definition) is 0. The summed E-state index contributed by atoms with van der Waals surface area (Å²) in [5.74, 6) is -0.0757. The lowest BCUT2D eigenvalue weighted by Crippen LogP contribution is -2.02. The molecule has 2 aromatic rings. The fourth-order valence-corrected chi connectivity index (χ4v) is 2.71. The largest absolute Gasteiger partial charge is 0.414 e. The van der Waals surface area contributed by atoms with Gasteiger partial charge in [0.25, 0.3) is 0 Å². The van der Waals surface area contributed by atoms with Gasteiger partial charge >= 0.3 is 5.97 Å². The van der Waals surface area contributed by atoms with Crippen LogP contribution in [0, 0.1) is 0 Å². The Labute approximate surface area is 110 Å². The van der Waals surface area contributed by atoms with Crippen LogP contribution < -0.4 is 4.74 Å². The number of benzene rings is 1. The van der Waals surface area contributed by atoms with Crippen molar-refractivity contribution >= 4 is 17.3 Å². The van der Waals surface area contributed by atoms with Crippen LogP contribution in [0.25, 0.3) is 10.6 Å². The molecule has 1 aromatic carbocycles. The molecule has 0 unspecified atom stereocenters. The number of carbonyl (C=O) groups is 1. The minimum Gasteiger partial charge on any atom is -0.414 e. The Bertz CT molecular complexity index is 546. The smallest absolute Gasteiger partial charge is 0.308 e. The molecule has 0 atom stereocenters. The third-order valence-electron chi connectivity index (χ3n) is 2.42. The SMILES string of the molecule is CC(=O)Oc1sc(-c2ccccc2)nc1C(C)C. The molecule has 1 heterocycles. The summed E-state index contributed by atoms with van der Waals surface area (Å²) in [5.41, 5.74) is 1.89. The predicted octanol–water partition coefficient (Wildman–Crippen LogP) is 3.86. The number of esters is 1. The van der Waals surface area contributed by atoms with Gasteiger partial charge in [0, 0.05) is 18.4 Å². The third-order valence-corrected chi connectivity index (χ3v) is 3.42. The summed E-state index contributed by atoms with van der Waals surface area (Å²) in [6.07, 6.45) is 0. The number of carbonyl (C=O) groups excluding carboxylic acids is 1. The molecule has 0 aliphatic heterocycles. The Morgan fingerprint density at radius 1 is 1.28 bits per heavy atom. The number of ether oxygens (including phenoxy) is 1. The Hall–Kier alpha value is -1.68. The summed E-state index contributed by atoms with van der Waals surface area (Å²) < 4.78 is 5.23. The molecular formula is C14H15NO2S. The molecule has 3 nitrogen and oxygen atoms in total. The van der Waals surface area contributed by atoms with Crippen LogP contribution in [0.4, 0.5) is 0 Å². The highest BCUT2D eigenvalue weighted by Gasteiger charge is 2.17.